The Kier molecular flexibility index (Phi) is 6.45. The maximum atomic E-state index is 13.9. The summed E-state index contributed by atoms with van der Waals surface area (Å²) in [4.78, 5) is 38.4. The molecule has 1 aromatic carbocycles. The Hall–Kier alpha value is -2.37. The molecule has 3 atom stereocenters. The van der Waals surface area contributed by atoms with E-state index >= 15 is 0 Å². The van der Waals surface area contributed by atoms with Gasteiger partial charge in [-0.05, 0) is 113 Å². The van der Waals surface area contributed by atoms with Crippen molar-refractivity contribution in [3.05, 3.63) is 29.8 Å². The maximum Gasteiger partial charge on any atom is 0.320 e. The number of esters is 3. The standard InChI is InChI=1S/C30H40O6/c1-5-28(2,27(33)36-30-13-19-10-20(14-30)12-21(11-19)15-30)16-23(22-6-8-24(34-4)9-7-22)17-29(3)18-25(31)35-26(29)32/h6-9,19-21,23H,5,10-18H2,1-4H3. The third kappa shape index (κ3) is 4.68. The SMILES string of the molecule is CCC(C)(CC(CC1(C)CC(=O)OC1=O)c1ccc(OC)cc1)C(=O)OC12CC3CC(CC(C3)C1)C2. The molecule has 1 heterocycles. The number of ether oxygens (including phenoxy) is 3. The third-order valence-corrected chi connectivity index (χ3v) is 9.78. The summed E-state index contributed by atoms with van der Waals surface area (Å²) in [6, 6.07) is 7.80. The minimum atomic E-state index is -0.903. The second kappa shape index (κ2) is 9.18. The van der Waals surface area contributed by atoms with Gasteiger partial charge in [0, 0.05) is 0 Å². The van der Waals surface area contributed by atoms with Crippen LogP contribution in [0.5, 0.6) is 5.75 Å². The molecule has 6 nitrogen and oxygen atoms in total. The third-order valence-electron chi connectivity index (χ3n) is 9.78. The van der Waals surface area contributed by atoms with Crippen molar-refractivity contribution in [2.24, 2.45) is 28.6 Å². The van der Waals surface area contributed by atoms with Crippen LogP contribution >= 0.6 is 0 Å². The summed E-state index contributed by atoms with van der Waals surface area (Å²) in [5.41, 5.74) is -0.867. The van der Waals surface area contributed by atoms with E-state index in [0.717, 1.165) is 30.6 Å². The van der Waals surface area contributed by atoms with E-state index < -0.39 is 22.8 Å². The first-order valence-electron chi connectivity index (χ1n) is 13.7. The summed E-state index contributed by atoms with van der Waals surface area (Å²) in [6.07, 6.45) is 8.62. The molecule has 196 valence electrons. The number of methoxy groups -OCH3 is 1. The molecule has 6 heteroatoms. The van der Waals surface area contributed by atoms with E-state index in [1.165, 1.54) is 19.3 Å². The number of carbonyl (C=O) groups excluding carboxylic acids is 3. The zero-order valence-electron chi connectivity index (χ0n) is 22.1. The average molecular weight is 497 g/mol. The Bertz CT molecular complexity index is 993. The normalized spacial score (nSPS) is 35.3. The highest BCUT2D eigenvalue weighted by molar-refractivity contribution is 5.97. The van der Waals surface area contributed by atoms with Gasteiger partial charge in [0.2, 0.25) is 0 Å². The molecule has 0 radical (unpaired) electrons. The molecular weight excluding hydrogens is 456 g/mol. The molecule has 6 rings (SSSR count). The van der Waals surface area contributed by atoms with Crippen LogP contribution in [-0.4, -0.2) is 30.6 Å². The largest absolute Gasteiger partial charge is 0.497 e. The first-order chi connectivity index (χ1) is 17.1. The second-order valence-corrected chi connectivity index (χ2v) is 12.8. The quantitative estimate of drug-likeness (QED) is 0.310. The Balaban J connectivity index is 1.38. The van der Waals surface area contributed by atoms with Gasteiger partial charge in [0.25, 0.3) is 0 Å². The van der Waals surface area contributed by atoms with Gasteiger partial charge >= 0.3 is 17.9 Å². The van der Waals surface area contributed by atoms with E-state index in [1.54, 1.807) is 14.0 Å². The van der Waals surface area contributed by atoms with E-state index in [9.17, 15) is 14.4 Å². The average Bonchev–Trinajstić information content (AvgIpc) is 3.08. The fourth-order valence-electron chi connectivity index (χ4n) is 7.93. The van der Waals surface area contributed by atoms with E-state index in [0.29, 0.717) is 37.0 Å². The predicted molar refractivity (Wildman–Crippen MR) is 134 cm³/mol. The van der Waals surface area contributed by atoms with E-state index in [1.807, 2.05) is 38.1 Å². The lowest BCUT2D eigenvalue weighted by molar-refractivity contribution is -0.197. The van der Waals surface area contributed by atoms with Gasteiger partial charge in [-0.3, -0.25) is 14.4 Å². The number of cyclic esters (lactones) is 2. The zero-order chi connectivity index (χ0) is 25.7. The van der Waals surface area contributed by atoms with Crippen LogP contribution in [-0.2, 0) is 23.9 Å². The summed E-state index contributed by atoms with van der Waals surface area (Å²) in [7, 11) is 1.63. The van der Waals surface area contributed by atoms with Crippen LogP contribution in [0, 0.1) is 28.6 Å². The fraction of sp³-hybridized carbons (Fsp3) is 0.700. The van der Waals surface area contributed by atoms with Gasteiger partial charge < -0.3 is 14.2 Å². The first-order valence-corrected chi connectivity index (χ1v) is 13.7. The minimum Gasteiger partial charge on any atom is -0.497 e. The van der Waals surface area contributed by atoms with Gasteiger partial charge in [-0.25, -0.2) is 0 Å². The van der Waals surface area contributed by atoms with Crippen LogP contribution in [0.25, 0.3) is 0 Å². The molecule has 0 aromatic heterocycles. The summed E-state index contributed by atoms with van der Waals surface area (Å²) >= 11 is 0. The smallest absolute Gasteiger partial charge is 0.320 e. The topological polar surface area (TPSA) is 78.9 Å². The van der Waals surface area contributed by atoms with E-state index in [2.05, 4.69) is 0 Å². The van der Waals surface area contributed by atoms with Crippen molar-refractivity contribution in [3.63, 3.8) is 0 Å². The Morgan fingerprint density at radius 3 is 2.14 bits per heavy atom. The number of rotatable bonds is 9. The zero-order valence-corrected chi connectivity index (χ0v) is 22.1. The van der Waals surface area contributed by atoms with Crippen LogP contribution in [0.1, 0.15) is 96.5 Å². The van der Waals surface area contributed by atoms with E-state index in [4.69, 9.17) is 14.2 Å². The maximum absolute atomic E-state index is 13.9. The second-order valence-electron chi connectivity index (χ2n) is 12.8. The highest BCUT2D eigenvalue weighted by Crippen LogP contribution is 2.58. The molecule has 4 aliphatic carbocycles. The number of benzene rings is 1. The molecule has 5 aliphatic rings. The monoisotopic (exact) mass is 496 g/mol. The molecule has 5 fully saturated rings. The lowest BCUT2D eigenvalue weighted by Gasteiger charge is -2.56. The van der Waals surface area contributed by atoms with Crippen molar-refractivity contribution in [1.82, 2.24) is 0 Å². The predicted octanol–water partition coefficient (Wildman–Crippen LogP) is 5.97. The molecule has 4 saturated carbocycles. The van der Waals surface area contributed by atoms with Crippen molar-refractivity contribution >= 4 is 17.9 Å². The molecule has 4 bridgehead atoms. The lowest BCUT2D eigenvalue weighted by atomic mass is 9.54. The van der Waals surface area contributed by atoms with Gasteiger partial charge in [0.15, 0.2) is 0 Å². The fourth-order valence-corrected chi connectivity index (χ4v) is 7.93. The van der Waals surface area contributed by atoms with Crippen molar-refractivity contribution < 1.29 is 28.6 Å². The highest BCUT2D eigenvalue weighted by Gasteiger charge is 2.55. The van der Waals surface area contributed by atoms with Gasteiger partial charge in [-0.1, -0.05) is 19.1 Å². The summed E-state index contributed by atoms with van der Waals surface area (Å²) in [6.45, 7) is 5.85. The van der Waals surface area contributed by atoms with Crippen LogP contribution in [0.15, 0.2) is 24.3 Å². The van der Waals surface area contributed by atoms with Crippen molar-refractivity contribution in [2.75, 3.05) is 7.11 Å². The summed E-state index contributed by atoms with van der Waals surface area (Å²) in [5.74, 6) is 1.68. The van der Waals surface area contributed by atoms with Gasteiger partial charge in [-0.2, -0.15) is 0 Å². The number of hydrogen-bond acceptors (Lipinski definition) is 6. The number of hydrogen-bond donors (Lipinski definition) is 0. The molecule has 0 spiro atoms. The molecule has 0 amide bonds. The Morgan fingerprint density at radius 1 is 1.08 bits per heavy atom. The molecule has 0 N–H and O–H groups in total. The first kappa shape index (κ1) is 25.3. The van der Waals surface area contributed by atoms with E-state index in [-0.39, 0.29) is 23.9 Å². The van der Waals surface area contributed by atoms with Gasteiger partial charge in [0.05, 0.1) is 24.4 Å². The molecule has 3 unspecified atom stereocenters. The summed E-state index contributed by atoms with van der Waals surface area (Å²) in [5, 5.41) is 0. The summed E-state index contributed by atoms with van der Waals surface area (Å²) < 4.78 is 16.8. The molecule has 1 aliphatic heterocycles. The van der Waals surface area contributed by atoms with Gasteiger partial charge in [0.1, 0.15) is 11.4 Å². The van der Waals surface area contributed by atoms with Crippen LogP contribution in [0.3, 0.4) is 0 Å². The van der Waals surface area contributed by atoms with Gasteiger partial charge in [-0.15, -0.1) is 0 Å². The highest BCUT2D eigenvalue weighted by atomic mass is 16.6. The van der Waals surface area contributed by atoms with Crippen molar-refractivity contribution in [1.29, 1.82) is 0 Å². The molecule has 36 heavy (non-hydrogen) atoms. The lowest BCUT2D eigenvalue weighted by Crippen LogP contribution is -2.54. The molecular formula is C30H40O6. The van der Waals surface area contributed by atoms with Crippen LogP contribution < -0.4 is 4.74 Å². The van der Waals surface area contributed by atoms with Crippen molar-refractivity contribution in [3.8, 4) is 5.75 Å². The number of carbonyl (C=O) groups is 3. The van der Waals surface area contributed by atoms with Crippen molar-refractivity contribution in [2.45, 2.75) is 96.5 Å². The molecule has 1 aromatic rings. The minimum absolute atomic E-state index is 0.0685. The molecule has 1 saturated heterocycles. The van der Waals surface area contributed by atoms with Crippen LogP contribution in [0.2, 0.25) is 0 Å². The Labute approximate surface area is 214 Å². The Morgan fingerprint density at radius 2 is 1.67 bits per heavy atom. The van der Waals surface area contributed by atoms with Crippen LogP contribution in [0.4, 0.5) is 0 Å².